The Balaban J connectivity index is 0.000000122. The van der Waals surface area contributed by atoms with E-state index < -0.39 is 0 Å². The number of benzene rings is 2. The predicted octanol–water partition coefficient (Wildman–Crippen LogP) is 12.2. The Morgan fingerprint density at radius 3 is 1.32 bits per heavy atom. The van der Waals surface area contributed by atoms with Crippen LogP contribution in [0.1, 0.15) is 119 Å². The van der Waals surface area contributed by atoms with Gasteiger partial charge in [0, 0.05) is 170 Å². The number of anilines is 9. The number of aliphatic hydroxyl groups excluding tert-OH is 4. The van der Waals surface area contributed by atoms with Crippen LogP contribution in [-0.2, 0) is 40.3 Å². The number of nitrogens with zero attached hydrogens (tertiary/aromatic N) is 21. The zero-order chi connectivity index (χ0) is 81.1. The second kappa shape index (κ2) is 38.1. The zero-order valence-electron chi connectivity index (χ0n) is 65.0. The molecule has 2 saturated heterocycles. The van der Waals surface area contributed by atoms with Gasteiger partial charge in [-0.15, -0.1) is 0 Å². The minimum Gasteiger partial charge on any atom is -0.619 e. The zero-order valence-corrected chi connectivity index (χ0v) is 71.4. The highest BCUT2D eigenvalue weighted by Crippen LogP contribution is 2.36. The predicted molar refractivity (Wildman–Crippen MR) is 467 cm³/mol. The Labute approximate surface area is 708 Å². The van der Waals surface area contributed by atoms with Crippen molar-refractivity contribution in [2.75, 3.05) is 87.0 Å². The van der Waals surface area contributed by atoms with E-state index in [1.807, 2.05) is 64.7 Å². The van der Waals surface area contributed by atoms with E-state index in [1.165, 1.54) is 31.9 Å². The number of aliphatic hydroxyl groups is 4. The van der Waals surface area contributed by atoms with Crippen LogP contribution < -0.4 is 52.2 Å². The van der Waals surface area contributed by atoms with Crippen molar-refractivity contribution in [3.8, 4) is 0 Å². The number of pyridine rings is 1. The fraction of sp³-hybridized carbons (Fsp3) is 0.412. The summed E-state index contributed by atoms with van der Waals surface area (Å²) < 4.78 is 15.3. The lowest BCUT2D eigenvalue weighted by Crippen LogP contribution is -2.40. The Kier molecular flexibility index (Phi) is 26.7. The average molecular weight is 1850 g/mol. The number of nitrogens with one attached hydrogen (secondary N) is 6. The molecule has 6 atom stereocenters. The largest absolute Gasteiger partial charge is 0.619 e. The summed E-state index contributed by atoms with van der Waals surface area (Å²) in [5.41, 5.74) is 16.8. The molecule has 0 radical (unpaired) electrons. The highest BCUT2D eigenvalue weighted by molar-refractivity contribution is 9.11. The third kappa shape index (κ3) is 19.4. The number of hydrogen-bond donors (Lipinski definition) is 11. The number of nitrogen functional groups attached to an aromatic ring is 1. The molecule has 37 heteroatoms. The van der Waals surface area contributed by atoms with Gasteiger partial charge >= 0.3 is 0 Å². The van der Waals surface area contributed by atoms with Gasteiger partial charge in [0.15, 0.2) is 35.0 Å². The smallest absolute Gasteiger partial charge is 0.219 e. The fourth-order valence-electron chi connectivity index (χ4n) is 16.0. The summed E-state index contributed by atoms with van der Waals surface area (Å²) in [5.74, 6) is 7.47. The number of rotatable bonds is 24. The maximum atomic E-state index is 11.5. The molecule has 18 rings (SSSR count). The van der Waals surface area contributed by atoms with Gasteiger partial charge in [-0.2, -0.15) is 43.2 Å². The molecule has 0 unspecified atom stereocenters. The van der Waals surface area contributed by atoms with Gasteiger partial charge in [-0.25, -0.2) is 39.9 Å². The highest BCUT2D eigenvalue weighted by atomic mass is 79.9. The van der Waals surface area contributed by atoms with Gasteiger partial charge in [-0.3, -0.25) is 0 Å². The van der Waals surface area contributed by atoms with E-state index in [4.69, 9.17) is 25.7 Å². The summed E-state index contributed by atoms with van der Waals surface area (Å²) in [6.07, 6.45) is 33.0. The quantitative estimate of drug-likeness (QED) is 0.0198. The monoisotopic (exact) mass is 1840 g/mol. The van der Waals surface area contributed by atoms with Gasteiger partial charge in [-0.05, 0) is 176 Å². The third-order valence-corrected chi connectivity index (χ3v) is 24.4. The summed E-state index contributed by atoms with van der Waals surface area (Å²) in [5, 5.41) is 88.4. The van der Waals surface area contributed by atoms with Crippen molar-refractivity contribution in [2.45, 2.75) is 147 Å². The number of hydrogen-bond acceptors (Lipinski definition) is 26. The lowest BCUT2D eigenvalue weighted by Gasteiger charge is -2.36. The normalized spacial score (nSPS) is 18.2. The molecule has 2 aromatic carbocycles. The molecule has 117 heavy (non-hydrogen) atoms. The Morgan fingerprint density at radius 1 is 0.462 bits per heavy atom. The van der Waals surface area contributed by atoms with E-state index in [0.717, 1.165) is 220 Å². The number of piperidine rings is 1. The summed E-state index contributed by atoms with van der Waals surface area (Å²) in [6.45, 7) is 4.97. The Hall–Kier alpha value is -10.2. The van der Waals surface area contributed by atoms with Gasteiger partial charge in [0.25, 0.3) is 0 Å². The molecule has 14 aromatic rings. The summed E-state index contributed by atoms with van der Waals surface area (Å²) in [6, 6.07) is 25.3. The van der Waals surface area contributed by atoms with E-state index in [9.17, 15) is 25.6 Å². The van der Waals surface area contributed by atoms with Crippen molar-refractivity contribution >= 4 is 161 Å². The molecule has 12 aromatic heterocycles. The molecule has 0 spiro atoms. The van der Waals surface area contributed by atoms with Crippen LogP contribution in [0.25, 0.3) is 44.7 Å². The van der Waals surface area contributed by atoms with Crippen molar-refractivity contribution < 1.29 is 25.2 Å². The van der Waals surface area contributed by atoms with E-state index in [0.29, 0.717) is 38.3 Å². The molecule has 0 amide bonds. The van der Waals surface area contributed by atoms with Crippen LogP contribution in [0.3, 0.4) is 0 Å². The maximum absolute atomic E-state index is 11.5. The molecular weight excluding hydrogens is 1750 g/mol. The number of fused-ring (bicyclic) bond motifs is 6. The highest BCUT2D eigenvalue weighted by Gasteiger charge is 2.31. The first-order chi connectivity index (χ1) is 57.0. The van der Waals surface area contributed by atoms with Crippen LogP contribution in [0.5, 0.6) is 0 Å². The molecule has 4 aliphatic rings. The summed E-state index contributed by atoms with van der Waals surface area (Å²) in [4.78, 5) is 40.7. The summed E-state index contributed by atoms with van der Waals surface area (Å²) >= 11 is 14.2. The maximum Gasteiger partial charge on any atom is 0.219 e. The Bertz CT molecular complexity index is 5700. The van der Waals surface area contributed by atoms with Gasteiger partial charge in [0.1, 0.15) is 46.5 Å². The summed E-state index contributed by atoms with van der Waals surface area (Å²) in [7, 11) is 4.00. The van der Waals surface area contributed by atoms with Crippen LogP contribution in [-0.4, -0.2) is 172 Å². The molecule has 14 heterocycles. The molecule has 2 aliphatic heterocycles. The van der Waals surface area contributed by atoms with Crippen molar-refractivity contribution in [3.05, 3.63) is 180 Å². The molecule has 2 saturated carbocycles. The van der Waals surface area contributed by atoms with Gasteiger partial charge in [0.05, 0.1) is 77.4 Å². The van der Waals surface area contributed by atoms with E-state index in [2.05, 4.69) is 188 Å². The number of aromatic nitrogens is 19. The Morgan fingerprint density at radius 2 is 0.872 bits per heavy atom. The molecule has 614 valence electrons. The third-order valence-electron chi connectivity index (χ3n) is 22.2. The van der Waals surface area contributed by atoms with Crippen molar-refractivity contribution in [1.82, 2.24) is 87.5 Å². The second-order valence-corrected chi connectivity index (χ2v) is 33.5. The number of imidazole rings is 2. The second-order valence-electron chi connectivity index (χ2n) is 30.1. The minimum absolute atomic E-state index is 0.175. The first-order valence-electron chi connectivity index (χ1n) is 39.7. The van der Waals surface area contributed by atoms with Crippen LogP contribution in [0.4, 0.5) is 52.5 Å². The van der Waals surface area contributed by atoms with Gasteiger partial charge in [0.2, 0.25) is 5.95 Å². The van der Waals surface area contributed by atoms with Gasteiger partial charge in [-0.1, -0.05) is 37.8 Å². The fourth-order valence-corrected chi connectivity index (χ4v) is 17.4. The van der Waals surface area contributed by atoms with Crippen LogP contribution in [0.2, 0.25) is 0 Å². The SMILES string of the molecule is Cn1cnc2cc(CNc3cc(N4CCCC[C@H]4CCO)nc4c(Br)cnn34)ccc21.Cn1cnc2cc(CNc3cc(N[C@H]4CCCC[C@H]4CO)nc4c(Br)cnn34)ccc21.Nc1ncc(CNc2cc(N[C@H]3CCCC[C@H]3CO)nc3c(Br)cnn23)cn1.[O-][n+]1cccc(CNc2cc(N3CCC[C@H]3CCO)nc3c(Br)cnn23)c1. The van der Waals surface area contributed by atoms with Crippen molar-refractivity contribution in [1.29, 1.82) is 0 Å². The lowest BCUT2D eigenvalue weighted by atomic mass is 9.85. The van der Waals surface area contributed by atoms with Crippen LogP contribution in [0.15, 0.2) is 153 Å². The minimum atomic E-state index is 0.175. The average Bonchev–Trinajstić information content (AvgIpc) is 1.58. The molecule has 33 nitrogen and oxygen atoms in total. The van der Waals surface area contributed by atoms with E-state index in [-0.39, 0.29) is 56.3 Å². The number of halogens is 4. The van der Waals surface area contributed by atoms with Gasteiger partial charge < -0.3 is 82.2 Å². The van der Waals surface area contributed by atoms with Crippen LogP contribution >= 0.6 is 63.7 Å². The lowest BCUT2D eigenvalue weighted by molar-refractivity contribution is -0.605. The number of aryl methyl sites for hydroxylation is 2. The topological polar surface area (TPSA) is 395 Å². The first-order valence-corrected chi connectivity index (χ1v) is 42.9. The van der Waals surface area contributed by atoms with E-state index in [1.54, 1.807) is 63.0 Å². The first kappa shape index (κ1) is 82.0. The van der Waals surface area contributed by atoms with Crippen LogP contribution in [0, 0.1) is 17.0 Å². The number of nitrogens with two attached hydrogens (primary N) is 1. The molecule has 4 fully saturated rings. The van der Waals surface area contributed by atoms with Crippen molar-refractivity contribution in [2.24, 2.45) is 25.9 Å². The molecule has 0 bridgehead atoms. The van der Waals surface area contributed by atoms with Crippen molar-refractivity contribution in [3.63, 3.8) is 0 Å². The molecule has 12 N–H and O–H groups in total. The standard InChI is InChI=1S/2C22H26BrN7O.C18H23BrN8O.C18H21BrN6O2/c1-28-14-25-18-10-15(5-6-19(18)28)12-24-20-11-21(27-22-17(23)13-26-30(20)22)29-8-3-2-4-16(29)7-9-31;1-29-13-25-18-8-14(6-7-19(18)29)10-24-21-9-20(28-22-16(23)11-26-30(21)22)27-17-5-3-2-4-15(17)12-31;19-13-9-24-27-16(21-6-11-7-22-18(20)23-8-11)5-15(26-17(13)27)25-14-4-2-1-3-12(14)10-28;19-15-11-21-25-16(20-10-13-3-1-6-23(27)12-13)9-17(22-18(15)25)24-7-2-4-14(24)5-8-26/h5-6,10-11,13-14,16,24,31H,2-4,7-9,12H2,1H3;6-9,11,13,15,17,24,31H,2-5,10,12H2,1H3,(H,27,28);5,7-9,12,14,21,28H,1-4,6,10H2,(H,25,26)(H2,20,22,23);1,3,6,9,11-12,14,20,26H,2,4-5,7-8,10H2/t16-;15-,17-;12-,14-;14-/m0000/s1. The van der Waals surface area contributed by atoms with E-state index >= 15 is 0 Å². The molecule has 2 aliphatic carbocycles. The molecular formula is C80H96Br4N28O5.